The molecule has 27 heavy (non-hydrogen) atoms. The summed E-state index contributed by atoms with van der Waals surface area (Å²) in [5.74, 6) is 0.659. The molecular weight excluding hydrogens is 340 g/mol. The second kappa shape index (κ2) is 8.15. The minimum atomic E-state index is -0.468. The van der Waals surface area contributed by atoms with Crippen LogP contribution in [-0.4, -0.2) is 18.2 Å². The number of benzene rings is 2. The van der Waals surface area contributed by atoms with Gasteiger partial charge in [0.2, 0.25) is 0 Å². The molecule has 1 amide bonds. The van der Waals surface area contributed by atoms with Crippen LogP contribution in [0.4, 0.5) is 0 Å². The normalized spacial score (nSPS) is 11.3. The van der Waals surface area contributed by atoms with Crippen molar-refractivity contribution >= 4 is 17.3 Å². The molecule has 0 radical (unpaired) electrons. The number of nitrogens with one attached hydrogen (secondary N) is 1. The second-order valence-corrected chi connectivity index (χ2v) is 5.99. The first-order valence-electron chi connectivity index (χ1n) is 8.60. The fourth-order valence-electron chi connectivity index (χ4n) is 2.93. The average molecular weight is 358 g/mol. The number of nitrogens with zero attached hydrogens (tertiary/aromatic N) is 1. The lowest BCUT2D eigenvalue weighted by molar-refractivity contribution is -0.118. The number of allylic oxidation sites excluding steroid dienone is 1. The van der Waals surface area contributed by atoms with E-state index in [0.29, 0.717) is 47.6 Å². The van der Waals surface area contributed by atoms with Gasteiger partial charge in [-0.1, -0.05) is 43.0 Å². The van der Waals surface area contributed by atoms with Crippen LogP contribution >= 0.6 is 0 Å². The molecule has 2 aromatic rings. The molecule has 2 aromatic carbocycles. The topological polar surface area (TPSA) is 79.2 Å². The molecule has 0 spiro atoms. The minimum Gasteiger partial charge on any atom is -0.456 e. The van der Waals surface area contributed by atoms with Crippen molar-refractivity contribution in [2.45, 2.75) is 12.8 Å². The summed E-state index contributed by atoms with van der Waals surface area (Å²) < 4.78 is 5.90. The van der Waals surface area contributed by atoms with Crippen molar-refractivity contribution in [2.75, 3.05) is 6.54 Å². The summed E-state index contributed by atoms with van der Waals surface area (Å²) in [7, 11) is 0. The standard InChI is InChI=1S/C22H18N2O3/c1-2-15(25)8-7-13-24-22(26)18(14-23)21-16-9-3-5-11-19(16)27-20-12-6-4-10-17(20)21/h2-6,9-12H,1,7-8,13H2,(H,24,26). The Hall–Kier alpha value is -3.65. The fourth-order valence-corrected chi connectivity index (χ4v) is 2.93. The van der Waals surface area contributed by atoms with E-state index in [1.165, 1.54) is 6.08 Å². The zero-order valence-electron chi connectivity index (χ0n) is 14.7. The van der Waals surface area contributed by atoms with Crippen molar-refractivity contribution in [2.24, 2.45) is 0 Å². The van der Waals surface area contributed by atoms with Crippen LogP contribution in [0.25, 0.3) is 5.57 Å². The van der Waals surface area contributed by atoms with Crippen molar-refractivity contribution in [1.82, 2.24) is 5.32 Å². The SMILES string of the molecule is C=CC(=O)CCCNC(=O)C(C#N)=C1c2ccccc2Oc2ccccc21. The Balaban J connectivity index is 1.94. The molecule has 0 aromatic heterocycles. The Morgan fingerprint density at radius 3 is 2.22 bits per heavy atom. The number of rotatable bonds is 6. The fraction of sp³-hybridized carbons (Fsp3) is 0.136. The van der Waals surface area contributed by atoms with Gasteiger partial charge in [-0.25, -0.2) is 0 Å². The molecular formula is C22H18N2O3. The van der Waals surface area contributed by atoms with Crippen molar-refractivity contribution in [1.29, 1.82) is 5.26 Å². The lowest BCUT2D eigenvalue weighted by Gasteiger charge is -2.23. The molecule has 1 aliphatic rings. The molecule has 1 N–H and O–H groups in total. The zero-order chi connectivity index (χ0) is 19.2. The Bertz CT molecular complexity index is 936. The van der Waals surface area contributed by atoms with Gasteiger partial charge >= 0.3 is 0 Å². The van der Waals surface area contributed by atoms with E-state index in [-0.39, 0.29) is 11.4 Å². The first-order chi connectivity index (χ1) is 13.2. The number of amides is 1. The van der Waals surface area contributed by atoms with Crippen molar-refractivity contribution in [3.63, 3.8) is 0 Å². The summed E-state index contributed by atoms with van der Waals surface area (Å²) in [6, 6.07) is 16.7. The highest BCUT2D eigenvalue weighted by Gasteiger charge is 2.27. The van der Waals surface area contributed by atoms with Gasteiger partial charge in [-0.05, 0) is 24.6 Å². The third-order valence-corrected chi connectivity index (χ3v) is 4.23. The average Bonchev–Trinajstić information content (AvgIpc) is 2.71. The van der Waals surface area contributed by atoms with E-state index in [4.69, 9.17) is 4.74 Å². The Kier molecular flexibility index (Phi) is 5.48. The third kappa shape index (κ3) is 3.80. The van der Waals surface area contributed by atoms with E-state index in [9.17, 15) is 14.9 Å². The Morgan fingerprint density at radius 2 is 1.67 bits per heavy atom. The summed E-state index contributed by atoms with van der Waals surface area (Å²) in [5, 5.41) is 12.4. The smallest absolute Gasteiger partial charge is 0.262 e. The summed E-state index contributed by atoms with van der Waals surface area (Å²) >= 11 is 0. The van der Waals surface area contributed by atoms with Gasteiger partial charge in [0.1, 0.15) is 23.1 Å². The van der Waals surface area contributed by atoms with E-state index in [1.807, 2.05) is 42.5 Å². The minimum absolute atomic E-state index is 0.0215. The molecule has 1 heterocycles. The molecule has 5 heteroatoms. The molecule has 0 aliphatic carbocycles. The maximum Gasteiger partial charge on any atom is 0.262 e. The van der Waals surface area contributed by atoms with Crippen LogP contribution in [0.15, 0.2) is 66.8 Å². The number of carbonyl (C=O) groups excluding carboxylic acids is 2. The molecule has 0 saturated carbocycles. The van der Waals surface area contributed by atoms with E-state index in [2.05, 4.69) is 11.9 Å². The monoisotopic (exact) mass is 358 g/mol. The molecule has 0 saturated heterocycles. The van der Waals surface area contributed by atoms with Gasteiger partial charge in [-0.3, -0.25) is 9.59 Å². The van der Waals surface area contributed by atoms with Gasteiger partial charge in [0, 0.05) is 29.7 Å². The number of para-hydroxylation sites is 2. The van der Waals surface area contributed by atoms with Gasteiger partial charge in [0.05, 0.1) is 0 Å². The number of ketones is 1. The number of hydrogen-bond donors (Lipinski definition) is 1. The number of nitriles is 1. The zero-order valence-corrected chi connectivity index (χ0v) is 14.7. The van der Waals surface area contributed by atoms with Crippen LogP contribution in [0.1, 0.15) is 24.0 Å². The van der Waals surface area contributed by atoms with E-state index < -0.39 is 5.91 Å². The van der Waals surface area contributed by atoms with E-state index in [1.54, 1.807) is 12.1 Å². The molecule has 0 bridgehead atoms. The predicted octanol–water partition coefficient (Wildman–Crippen LogP) is 3.77. The Labute approximate surface area is 157 Å². The highest BCUT2D eigenvalue weighted by molar-refractivity contribution is 6.09. The van der Waals surface area contributed by atoms with E-state index in [0.717, 1.165) is 0 Å². The van der Waals surface area contributed by atoms with Crippen LogP contribution in [0.5, 0.6) is 11.5 Å². The molecule has 3 rings (SSSR count). The third-order valence-electron chi connectivity index (χ3n) is 4.23. The molecule has 0 atom stereocenters. The van der Waals surface area contributed by atoms with Crippen LogP contribution in [0.2, 0.25) is 0 Å². The lowest BCUT2D eigenvalue weighted by Crippen LogP contribution is -2.27. The highest BCUT2D eigenvalue weighted by atomic mass is 16.5. The van der Waals surface area contributed by atoms with Gasteiger partial charge in [-0.15, -0.1) is 0 Å². The van der Waals surface area contributed by atoms with Gasteiger partial charge in [-0.2, -0.15) is 5.26 Å². The summed E-state index contributed by atoms with van der Waals surface area (Å²) in [5.41, 5.74) is 1.97. The largest absolute Gasteiger partial charge is 0.456 e. The first kappa shape index (κ1) is 18.2. The summed E-state index contributed by atoms with van der Waals surface area (Å²) in [6.07, 6.45) is 2.06. The molecule has 0 fully saturated rings. The predicted molar refractivity (Wildman–Crippen MR) is 102 cm³/mol. The number of fused-ring (bicyclic) bond motifs is 2. The van der Waals surface area contributed by atoms with Crippen LogP contribution in [0, 0.1) is 11.3 Å². The van der Waals surface area contributed by atoms with Gasteiger partial charge < -0.3 is 10.1 Å². The first-order valence-corrected chi connectivity index (χ1v) is 8.60. The Morgan fingerprint density at radius 1 is 1.07 bits per heavy atom. The maximum atomic E-state index is 12.7. The van der Waals surface area contributed by atoms with Crippen molar-refractivity contribution in [3.05, 3.63) is 77.9 Å². The van der Waals surface area contributed by atoms with Crippen LogP contribution < -0.4 is 10.1 Å². The molecule has 0 unspecified atom stereocenters. The quantitative estimate of drug-likeness (QED) is 0.413. The lowest BCUT2D eigenvalue weighted by atomic mass is 9.90. The number of carbonyl (C=O) groups is 2. The molecule has 1 aliphatic heterocycles. The second-order valence-electron chi connectivity index (χ2n) is 5.99. The van der Waals surface area contributed by atoms with Crippen molar-refractivity contribution < 1.29 is 14.3 Å². The molecule has 5 nitrogen and oxygen atoms in total. The summed E-state index contributed by atoms with van der Waals surface area (Å²) in [4.78, 5) is 23.9. The van der Waals surface area contributed by atoms with Gasteiger partial charge in [0.15, 0.2) is 5.78 Å². The summed E-state index contributed by atoms with van der Waals surface area (Å²) in [6.45, 7) is 3.72. The number of ether oxygens (including phenoxy) is 1. The van der Waals surface area contributed by atoms with Crippen molar-refractivity contribution in [3.8, 4) is 17.6 Å². The maximum absolute atomic E-state index is 12.7. The van der Waals surface area contributed by atoms with Crippen LogP contribution in [-0.2, 0) is 9.59 Å². The number of hydrogen-bond acceptors (Lipinski definition) is 4. The highest BCUT2D eigenvalue weighted by Crippen LogP contribution is 2.44. The van der Waals surface area contributed by atoms with Crippen LogP contribution in [0.3, 0.4) is 0 Å². The van der Waals surface area contributed by atoms with Gasteiger partial charge in [0.25, 0.3) is 5.91 Å². The van der Waals surface area contributed by atoms with E-state index >= 15 is 0 Å². The molecule has 134 valence electrons.